The molecule has 17 heavy (non-hydrogen) atoms. The molecule has 1 aromatic carbocycles. The minimum atomic E-state index is -0.389. The molecule has 1 aliphatic heterocycles. The third-order valence-electron chi connectivity index (χ3n) is 2.65. The van der Waals surface area contributed by atoms with Crippen LogP contribution in [0.15, 0.2) is 17.1 Å². The predicted octanol–water partition coefficient (Wildman–Crippen LogP) is 0.332. The second kappa shape index (κ2) is 4.45. The Hall–Kier alpha value is -2.04. The molecule has 0 fully saturated rings. The number of fused-ring (bicyclic) bond motifs is 1. The number of nitrogens with zero attached hydrogens (tertiary/aromatic N) is 1. The van der Waals surface area contributed by atoms with Crippen molar-refractivity contribution in [3.8, 4) is 5.75 Å². The van der Waals surface area contributed by atoms with Crippen LogP contribution in [0.4, 0.5) is 0 Å². The highest BCUT2D eigenvalue weighted by Gasteiger charge is 2.18. The Morgan fingerprint density at radius 3 is 2.94 bits per heavy atom. The number of carbonyl (C=O) groups excluding carboxylic acids is 1. The molecule has 1 aliphatic rings. The Labute approximate surface area is 99.5 Å². The van der Waals surface area contributed by atoms with E-state index in [4.69, 9.17) is 16.2 Å². The minimum absolute atomic E-state index is 0.149. The zero-order chi connectivity index (χ0) is 12.4. The molecule has 0 unspecified atom stereocenters. The zero-order valence-electron chi connectivity index (χ0n) is 9.69. The molecule has 0 radical (unpaired) electrons. The highest BCUT2D eigenvalue weighted by atomic mass is 16.5. The molecule has 0 bridgehead atoms. The lowest BCUT2D eigenvalue weighted by atomic mass is 10.0. The Bertz CT molecular complexity index is 495. The van der Waals surface area contributed by atoms with Gasteiger partial charge in [0.1, 0.15) is 11.6 Å². The molecule has 1 heterocycles. The maximum absolute atomic E-state index is 11.0. The SMILES string of the molecule is CCOc1cc2c(cc1CC(N)=O)C(N)=NC2. The minimum Gasteiger partial charge on any atom is -0.494 e. The van der Waals surface area contributed by atoms with Crippen molar-refractivity contribution in [1.29, 1.82) is 0 Å². The van der Waals surface area contributed by atoms with Crippen molar-refractivity contribution in [2.24, 2.45) is 16.5 Å². The summed E-state index contributed by atoms with van der Waals surface area (Å²) < 4.78 is 5.50. The molecule has 0 aliphatic carbocycles. The predicted molar refractivity (Wildman–Crippen MR) is 64.9 cm³/mol. The fraction of sp³-hybridized carbons (Fsp3) is 0.333. The molecule has 90 valence electrons. The number of hydrogen-bond donors (Lipinski definition) is 2. The first kappa shape index (κ1) is 11.4. The Kier molecular flexibility index (Phi) is 2.99. The van der Waals surface area contributed by atoms with Crippen LogP contribution in [0.3, 0.4) is 0 Å². The highest BCUT2D eigenvalue weighted by Crippen LogP contribution is 2.27. The van der Waals surface area contributed by atoms with Crippen molar-refractivity contribution in [3.05, 3.63) is 28.8 Å². The summed E-state index contributed by atoms with van der Waals surface area (Å²) in [5, 5.41) is 0. The second-order valence-electron chi connectivity index (χ2n) is 3.89. The zero-order valence-corrected chi connectivity index (χ0v) is 9.69. The van der Waals surface area contributed by atoms with Gasteiger partial charge in [0.15, 0.2) is 0 Å². The summed E-state index contributed by atoms with van der Waals surface area (Å²) in [7, 11) is 0. The average molecular weight is 233 g/mol. The molecule has 1 aromatic rings. The van der Waals surface area contributed by atoms with Gasteiger partial charge in [-0.15, -0.1) is 0 Å². The average Bonchev–Trinajstić information content (AvgIpc) is 2.60. The number of nitrogens with two attached hydrogens (primary N) is 2. The number of carbonyl (C=O) groups is 1. The summed E-state index contributed by atoms with van der Waals surface area (Å²) >= 11 is 0. The van der Waals surface area contributed by atoms with Crippen LogP contribution >= 0.6 is 0 Å². The normalized spacial score (nSPS) is 13.1. The molecule has 4 N–H and O–H groups in total. The van der Waals surface area contributed by atoms with Gasteiger partial charge in [0.05, 0.1) is 19.6 Å². The Balaban J connectivity index is 2.43. The lowest BCUT2D eigenvalue weighted by Gasteiger charge is -2.11. The first-order valence-electron chi connectivity index (χ1n) is 5.49. The fourth-order valence-corrected chi connectivity index (χ4v) is 1.91. The van der Waals surface area contributed by atoms with Crippen LogP contribution in [0, 0.1) is 0 Å². The van der Waals surface area contributed by atoms with E-state index in [-0.39, 0.29) is 12.3 Å². The van der Waals surface area contributed by atoms with Gasteiger partial charge in [0, 0.05) is 11.1 Å². The van der Waals surface area contributed by atoms with Crippen LogP contribution in [-0.2, 0) is 17.8 Å². The van der Waals surface area contributed by atoms with Crippen LogP contribution in [0.5, 0.6) is 5.75 Å². The summed E-state index contributed by atoms with van der Waals surface area (Å²) in [4.78, 5) is 15.2. The summed E-state index contributed by atoms with van der Waals surface area (Å²) in [5.74, 6) is 0.808. The second-order valence-corrected chi connectivity index (χ2v) is 3.89. The summed E-state index contributed by atoms with van der Waals surface area (Å²) in [5.41, 5.74) is 13.6. The number of benzene rings is 1. The Morgan fingerprint density at radius 2 is 2.29 bits per heavy atom. The van der Waals surface area contributed by atoms with Crippen LogP contribution in [0.2, 0.25) is 0 Å². The third kappa shape index (κ3) is 2.22. The van der Waals surface area contributed by atoms with E-state index < -0.39 is 0 Å². The fourth-order valence-electron chi connectivity index (χ4n) is 1.91. The van der Waals surface area contributed by atoms with E-state index >= 15 is 0 Å². The van der Waals surface area contributed by atoms with E-state index in [1.54, 1.807) is 0 Å². The van der Waals surface area contributed by atoms with E-state index in [1.165, 1.54) is 0 Å². The van der Waals surface area contributed by atoms with Gasteiger partial charge in [-0.25, -0.2) is 0 Å². The molecule has 5 nitrogen and oxygen atoms in total. The molecule has 2 rings (SSSR count). The van der Waals surface area contributed by atoms with Gasteiger partial charge >= 0.3 is 0 Å². The van der Waals surface area contributed by atoms with E-state index in [0.717, 1.165) is 16.7 Å². The molecule has 5 heteroatoms. The van der Waals surface area contributed by atoms with Gasteiger partial charge in [-0.05, 0) is 24.6 Å². The molecule has 1 amide bonds. The van der Waals surface area contributed by atoms with Crippen LogP contribution in [0.1, 0.15) is 23.6 Å². The van der Waals surface area contributed by atoms with Gasteiger partial charge in [-0.3, -0.25) is 9.79 Å². The molecule has 0 aromatic heterocycles. The van der Waals surface area contributed by atoms with Crippen LogP contribution < -0.4 is 16.2 Å². The van der Waals surface area contributed by atoms with Crippen molar-refractivity contribution in [3.63, 3.8) is 0 Å². The largest absolute Gasteiger partial charge is 0.494 e. The number of hydrogen-bond acceptors (Lipinski definition) is 4. The van der Waals surface area contributed by atoms with Gasteiger partial charge in [0.25, 0.3) is 0 Å². The first-order chi connectivity index (χ1) is 8.11. The van der Waals surface area contributed by atoms with E-state index in [2.05, 4.69) is 4.99 Å². The third-order valence-corrected chi connectivity index (χ3v) is 2.65. The van der Waals surface area contributed by atoms with Crippen molar-refractivity contribution in [2.45, 2.75) is 19.9 Å². The highest BCUT2D eigenvalue weighted by molar-refractivity contribution is 6.01. The van der Waals surface area contributed by atoms with Gasteiger partial charge < -0.3 is 16.2 Å². The topological polar surface area (TPSA) is 90.7 Å². The molecule has 0 saturated carbocycles. The number of primary amides is 1. The maximum Gasteiger partial charge on any atom is 0.221 e. The molecule has 0 atom stereocenters. The summed E-state index contributed by atoms with van der Waals surface area (Å²) in [6, 6.07) is 3.73. The lowest BCUT2D eigenvalue weighted by Crippen LogP contribution is -2.16. The van der Waals surface area contributed by atoms with Gasteiger partial charge in [0.2, 0.25) is 5.91 Å². The van der Waals surface area contributed by atoms with Gasteiger partial charge in [-0.1, -0.05) is 0 Å². The van der Waals surface area contributed by atoms with E-state index in [9.17, 15) is 4.79 Å². The maximum atomic E-state index is 11.0. The monoisotopic (exact) mass is 233 g/mol. The number of ether oxygens (including phenoxy) is 1. The number of aliphatic imine (C=N–C) groups is 1. The number of amides is 1. The molecule has 0 spiro atoms. The van der Waals surface area contributed by atoms with E-state index in [0.29, 0.717) is 24.7 Å². The molecular formula is C12H15N3O2. The molecule has 0 saturated heterocycles. The summed E-state index contributed by atoms with van der Waals surface area (Å²) in [6.07, 6.45) is 0.149. The van der Waals surface area contributed by atoms with Crippen LogP contribution in [-0.4, -0.2) is 18.3 Å². The summed E-state index contributed by atoms with van der Waals surface area (Å²) in [6.45, 7) is 3.01. The van der Waals surface area contributed by atoms with Crippen molar-refractivity contribution in [2.75, 3.05) is 6.61 Å². The van der Waals surface area contributed by atoms with Crippen molar-refractivity contribution in [1.82, 2.24) is 0 Å². The first-order valence-corrected chi connectivity index (χ1v) is 5.49. The van der Waals surface area contributed by atoms with Gasteiger partial charge in [-0.2, -0.15) is 0 Å². The number of amidine groups is 1. The quantitative estimate of drug-likeness (QED) is 0.785. The number of rotatable bonds is 4. The Morgan fingerprint density at radius 1 is 1.53 bits per heavy atom. The lowest BCUT2D eigenvalue weighted by molar-refractivity contribution is -0.117. The van der Waals surface area contributed by atoms with E-state index in [1.807, 2.05) is 19.1 Å². The standard InChI is InChI=1S/C12H15N3O2/c1-2-17-10-4-8-6-15-12(14)9(8)3-7(10)5-11(13)16/h3-4H,2,5-6H2,1H3,(H2,13,16)(H2,14,15). The smallest absolute Gasteiger partial charge is 0.221 e. The van der Waals surface area contributed by atoms with Crippen molar-refractivity contribution < 1.29 is 9.53 Å². The van der Waals surface area contributed by atoms with Crippen LogP contribution in [0.25, 0.3) is 0 Å². The molecular weight excluding hydrogens is 218 g/mol. The van der Waals surface area contributed by atoms with Crippen molar-refractivity contribution >= 4 is 11.7 Å².